The highest BCUT2D eigenvalue weighted by atomic mass is 16.2. The average molecular weight is 379 g/mol. The van der Waals surface area contributed by atoms with E-state index in [1.165, 1.54) is 5.56 Å². The highest BCUT2D eigenvalue weighted by Gasteiger charge is 2.26. The summed E-state index contributed by atoms with van der Waals surface area (Å²) in [5, 5.41) is 2.96. The lowest BCUT2D eigenvalue weighted by atomic mass is 9.87. The van der Waals surface area contributed by atoms with E-state index in [2.05, 4.69) is 50.4 Å². The van der Waals surface area contributed by atoms with E-state index in [4.69, 9.17) is 0 Å². The monoisotopic (exact) mass is 378 g/mol. The second kappa shape index (κ2) is 8.17. The van der Waals surface area contributed by atoms with Gasteiger partial charge in [-0.15, -0.1) is 0 Å². The number of fused-ring (bicyclic) bond motifs is 1. The second-order valence-corrected chi connectivity index (χ2v) is 8.78. The van der Waals surface area contributed by atoms with Crippen LogP contribution in [0.15, 0.2) is 48.5 Å². The first kappa shape index (κ1) is 20.1. The van der Waals surface area contributed by atoms with E-state index in [0.29, 0.717) is 25.8 Å². The van der Waals surface area contributed by atoms with Crippen molar-refractivity contribution in [3.8, 4) is 0 Å². The number of nitrogens with one attached hydrogen (secondary N) is 1. The van der Waals surface area contributed by atoms with Gasteiger partial charge in [0.25, 0.3) is 0 Å². The quantitative estimate of drug-likeness (QED) is 0.831. The van der Waals surface area contributed by atoms with Crippen LogP contribution in [0, 0.1) is 5.92 Å². The van der Waals surface area contributed by atoms with Gasteiger partial charge in [0.15, 0.2) is 0 Å². The maximum atomic E-state index is 12.6. The summed E-state index contributed by atoms with van der Waals surface area (Å²) in [6, 6.07) is 16.3. The van der Waals surface area contributed by atoms with Crippen molar-refractivity contribution in [1.82, 2.24) is 4.90 Å². The van der Waals surface area contributed by atoms with Crippen LogP contribution in [0.25, 0.3) is 0 Å². The summed E-state index contributed by atoms with van der Waals surface area (Å²) >= 11 is 0. The molecule has 1 aliphatic heterocycles. The van der Waals surface area contributed by atoms with Crippen molar-refractivity contribution in [3.63, 3.8) is 0 Å². The largest absolute Gasteiger partial charge is 0.341 e. The third-order valence-corrected chi connectivity index (χ3v) is 5.48. The van der Waals surface area contributed by atoms with Gasteiger partial charge in [-0.2, -0.15) is 0 Å². The van der Waals surface area contributed by atoms with E-state index in [1.807, 2.05) is 31.3 Å². The molecule has 148 valence electrons. The zero-order valence-corrected chi connectivity index (χ0v) is 17.3. The van der Waals surface area contributed by atoms with Gasteiger partial charge in [0.1, 0.15) is 0 Å². The number of hydrogen-bond acceptors (Lipinski definition) is 2. The molecule has 28 heavy (non-hydrogen) atoms. The third-order valence-electron chi connectivity index (χ3n) is 5.48. The van der Waals surface area contributed by atoms with E-state index < -0.39 is 0 Å². The molecule has 0 aliphatic carbocycles. The molecule has 0 saturated heterocycles. The molecule has 0 radical (unpaired) electrons. The van der Waals surface area contributed by atoms with Crippen molar-refractivity contribution < 1.29 is 9.59 Å². The Morgan fingerprint density at radius 1 is 1.11 bits per heavy atom. The topological polar surface area (TPSA) is 49.4 Å². The summed E-state index contributed by atoms with van der Waals surface area (Å²) in [4.78, 5) is 26.6. The van der Waals surface area contributed by atoms with Crippen LogP contribution in [0.2, 0.25) is 0 Å². The highest BCUT2D eigenvalue weighted by molar-refractivity contribution is 5.96. The Balaban J connectivity index is 1.53. The summed E-state index contributed by atoms with van der Waals surface area (Å²) in [6.45, 7) is 7.16. The Bertz CT molecular complexity index is 850. The Hall–Kier alpha value is -2.62. The third kappa shape index (κ3) is 4.80. The molecule has 1 atom stereocenters. The van der Waals surface area contributed by atoms with Crippen LogP contribution in [-0.2, 0) is 28.0 Å². The fraction of sp³-hybridized carbons (Fsp3) is 0.417. The van der Waals surface area contributed by atoms with E-state index in [9.17, 15) is 9.59 Å². The Morgan fingerprint density at radius 3 is 2.46 bits per heavy atom. The molecule has 1 unspecified atom stereocenters. The van der Waals surface area contributed by atoms with Crippen LogP contribution in [-0.4, -0.2) is 23.8 Å². The highest BCUT2D eigenvalue weighted by Crippen LogP contribution is 2.28. The molecule has 0 spiro atoms. The molecule has 1 aliphatic rings. The first-order chi connectivity index (χ1) is 13.2. The second-order valence-electron chi connectivity index (χ2n) is 8.78. The van der Waals surface area contributed by atoms with Crippen LogP contribution < -0.4 is 5.32 Å². The number of carbonyl (C=O) groups is 2. The number of hydrogen-bond donors (Lipinski definition) is 1. The van der Waals surface area contributed by atoms with Gasteiger partial charge in [-0.05, 0) is 41.0 Å². The minimum Gasteiger partial charge on any atom is -0.341 e. The van der Waals surface area contributed by atoms with Gasteiger partial charge >= 0.3 is 0 Å². The molecular formula is C24H30N2O2. The van der Waals surface area contributed by atoms with E-state index in [1.54, 1.807) is 4.90 Å². The number of para-hydroxylation sites is 1. The van der Waals surface area contributed by atoms with E-state index in [-0.39, 0.29) is 23.1 Å². The molecule has 0 bridgehead atoms. The molecule has 3 rings (SSSR count). The fourth-order valence-electron chi connectivity index (χ4n) is 3.61. The number of carbonyl (C=O) groups excluding carboxylic acids is 2. The minimum absolute atomic E-state index is 0.0203. The summed E-state index contributed by atoms with van der Waals surface area (Å²) < 4.78 is 0. The molecule has 4 heteroatoms. The van der Waals surface area contributed by atoms with Gasteiger partial charge in [-0.25, -0.2) is 0 Å². The lowest BCUT2D eigenvalue weighted by molar-refractivity contribution is -0.131. The average Bonchev–Trinajstić information content (AvgIpc) is 2.65. The molecule has 1 heterocycles. The molecule has 0 aromatic heterocycles. The molecular weight excluding hydrogens is 348 g/mol. The lowest BCUT2D eigenvalue weighted by Gasteiger charge is -2.25. The standard InChI is InChI=1S/C24H30N2O2/c1-24(2,3)20-12-9-17(10-13-20)16-26(4)22(27)14-11-19-15-18-7-5-6-8-21(18)25-23(19)28/h5-10,12-13,19H,11,14-16H2,1-4H3,(H,25,28). The Kier molecular flexibility index (Phi) is 5.87. The summed E-state index contributed by atoms with van der Waals surface area (Å²) in [5.74, 6) is -0.0446. The van der Waals surface area contributed by atoms with Crippen LogP contribution in [0.3, 0.4) is 0 Å². The van der Waals surface area contributed by atoms with Gasteiger partial charge in [0.2, 0.25) is 11.8 Å². The maximum absolute atomic E-state index is 12.6. The number of nitrogens with zero attached hydrogens (tertiary/aromatic N) is 1. The first-order valence-corrected chi connectivity index (χ1v) is 9.96. The van der Waals surface area contributed by atoms with Gasteiger partial charge < -0.3 is 10.2 Å². The van der Waals surface area contributed by atoms with Gasteiger partial charge in [-0.1, -0.05) is 63.2 Å². The smallest absolute Gasteiger partial charge is 0.227 e. The van der Waals surface area contributed by atoms with E-state index in [0.717, 1.165) is 16.8 Å². The van der Waals surface area contributed by atoms with E-state index >= 15 is 0 Å². The van der Waals surface area contributed by atoms with Crippen molar-refractivity contribution in [3.05, 3.63) is 65.2 Å². The van der Waals surface area contributed by atoms with Crippen LogP contribution in [0.4, 0.5) is 5.69 Å². The number of anilines is 1. The van der Waals surface area contributed by atoms with Gasteiger partial charge in [0, 0.05) is 31.6 Å². The van der Waals surface area contributed by atoms with Crippen molar-refractivity contribution in [2.24, 2.45) is 5.92 Å². The SMILES string of the molecule is CN(Cc1ccc(C(C)(C)C)cc1)C(=O)CCC1Cc2ccccc2NC1=O. The summed E-state index contributed by atoms with van der Waals surface area (Å²) in [6.07, 6.45) is 1.66. The molecule has 0 fully saturated rings. The summed E-state index contributed by atoms with van der Waals surface area (Å²) in [7, 11) is 1.83. The Labute approximate surface area is 167 Å². The predicted molar refractivity (Wildman–Crippen MR) is 113 cm³/mol. The molecule has 2 aromatic carbocycles. The molecule has 0 saturated carbocycles. The first-order valence-electron chi connectivity index (χ1n) is 9.96. The van der Waals surface area contributed by atoms with Crippen molar-refractivity contribution in [2.45, 2.75) is 52.0 Å². The zero-order valence-electron chi connectivity index (χ0n) is 17.3. The fourth-order valence-corrected chi connectivity index (χ4v) is 3.61. The molecule has 2 amide bonds. The maximum Gasteiger partial charge on any atom is 0.227 e. The molecule has 2 aromatic rings. The summed E-state index contributed by atoms with van der Waals surface area (Å²) in [5.41, 5.74) is 4.57. The normalized spacial score (nSPS) is 16.3. The van der Waals surface area contributed by atoms with Gasteiger partial charge in [-0.3, -0.25) is 9.59 Å². The van der Waals surface area contributed by atoms with Crippen LogP contribution in [0.5, 0.6) is 0 Å². The number of rotatable bonds is 5. The van der Waals surface area contributed by atoms with Crippen LogP contribution >= 0.6 is 0 Å². The van der Waals surface area contributed by atoms with Crippen LogP contribution in [0.1, 0.15) is 50.3 Å². The molecule has 1 N–H and O–H groups in total. The van der Waals surface area contributed by atoms with Crippen molar-refractivity contribution in [1.29, 1.82) is 0 Å². The minimum atomic E-state index is -0.140. The number of amides is 2. The van der Waals surface area contributed by atoms with Gasteiger partial charge in [0.05, 0.1) is 0 Å². The Morgan fingerprint density at radius 2 is 1.79 bits per heavy atom. The lowest BCUT2D eigenvalue weighted by Crippen LogP contribution is -2.32. The van der Waals surface area contributed by atoms with Crippen molar-refractivity contribution >= 4 is 17.5 Å². The van der Waals surface area contributed by atoms with Crippen molar-refractivity contribution in [2.75, 3.05) is 12.4 Å². The number of benzene rings is 2. The zero-order chi connectivity index (χ0) is 20.3. The molecule has 4 nitrogen and oxygen atoms in total. The predicted octanol–water partition coefficient (Wildman–Crippen LogP) is 4.53.